The number of anilines is 1. The molecule has 1 aromatic rings. The summed E-state index contributed by atoms with van der Waals surface area (Å²) < 4.78 is 50.8. The highest BCUT2D eigenvalue weighted by atomic mass is 35.5. The van der Waals surface area contributed by atoms with Crippen molar-refractivity contribution < 1.29 is 76.0 Å². The van der Waals surface area contributed by atoms with Gasteiger partial charge in [0.05, 0.1) is 25.3 Å². The maximum atomic E-state index is 14.3. The van der Waals surface area contributed by atoms with Gasteiger partial charge in [0.1, 0.15) is 40.7 Å². The highest BCUT2D eigenvalue weighted by Gasteiger charge is 2.64. The van der Waals surface area contributed by atoms with Crippen molar-refractivity contribution in [1.82, 2.24) is 15.3 Å². The molecular weight excluding hydrogens is 960 g/mol. The average molecular weight is 1020 g/mol. The molecule has 0 spiro atoms. The molecule has 2 unspecified atom stereocenters. The standard InChI is InChI=1S/C43H57ClN4O16S3/c1-23-10-9-11-31(60-8)43(56)22-29(61-41(55)45-43)24(2)38-42(4,63-38)32(21-36(52)47(6)27-19-26(18-23)20-28(59-7)37(27)44)62-39(53)25(3)46(5)33(49)15-17-66-65-16-14-30(67(57)58)40(54)64-48-34(50)12-13-35(48)51/h9-11,19-20,24-25,29-32,38,56H,12-18,21-22H2,1-8H3,(H,45,55)(H,57,58)/b11-9+,23-10+/t24-,25+,29+,30?,31-,32+,38+,42+,43+/m1/s1. The van der Waals surface area contributed by atoms with E-state index in [-0.39, 0.29) is 48.6 Å². The number of aliphatic hydroxyl groups is 1. The molecule has 0 aromatic heterocycles. The number of methoxy groups -OCH3 is 2. The molecule has 5 amide bonds. The first kappa shape index (κ1) is 53.7. The number of nitrogens with zero attached hydrogens (tertiary/aromatic N) is 3. The lowest BCUT2D eigenvalue weighted by Crippen LogP contribution is -2.63. The predicted molar refractivity (Wildman–Crippen MR) is 247 cm³/mol. The molecule has 3 saturated heterocycles. The second-order valence-electron chi connectivity index (χ2n) is 16.8. The van der Waals surface area contributed by atoms with E-state index >= 15 is 0 Å². The van der Waals surface area contributed by atoms with Crippen molar-refractivity contribution in [3.63, 3.8) is 0 Å². The van der Waals surface area contributed by atoms with E-state index in [1.807, 2.05) is 13.0 Å². The third-order valence-corrected chi connectivity index (χ3v) is 15.9. The topological polar surface area (TPSA) is 257 Å². The van der Waals surface area contributed by atoms with Gasteiger partial charge in [-0.1, -0.05) is 63.9 Å². The Labute approximate surface area is 403 Å². The molecule has 10 atom stereocenters. The summed E-state index contributed by atoms with van der Waals surface area (Å²) in [6.07, 6.45) is -0.132. The Balaban J connectivity index is 1.29. The second kappa shape index (κ2) is 22.9. The van der Waals surface area contributed by atoms with Crippen LogP contribution in [0.2, 0.25) is 5.02 Å². The third-order valence-electron chi connectivity index (χ3n) is 12.2. The van der Waals surface area contributed by atoms with E-state index in [0.29, 0.717) is 22.9 Å². The van der Waals surface area contributed by atoms with Crippen LogP contribution in [0.15, 0.2) is 35.9 Å². The number of nitrogens with one attached hydrogen (secondary N) is 1. The number of hydroxylamine groups is 2. The third kappa shape index (κ3) is 12.9. The fourth-order valence-corrected chi connectivity index (χ4v) is 11.0. The molecule has 20 nitrogen and oxygen atoms in total. The van der Waals surface area contributed by atoms with Gasteiger partial charge in [-0.2, -0.15) is 0 Å². The van der Waals surface area contributed by atoms with Crippen molar-refractivity contribution >= 4 is 91.6 Å². The number of rotatable bonds is 15. The minimum Gasteiger partial charge on any atom is -0.495 e. The number of benzene rings is 1. The number of hydrogen-bond acceptors (Lipinski definition) is 17. The van der Waals surface area contributed by atoms with Gasteiger partial charge >= 0.3 is 18.0 Å². The van der Waals surface area contributed by atoms with Crippen LogP contribution in [0.1, 0.15) is 71.8 Å². The van der Waals surface area contributed by atoms with Crippen LogP contribution in [-0.4, -0.2) is 152 Å². The normalized spacial score (nSPS) is 29.3. The Morgan fingerprint density at radius 1 is 1.09 bits per heavy atom. The Kier molecular flexibility index (Phi) is 18.4. The fraction of sp³-hybridized carbons (Fsp3) is 0.605. The Morgan fingerprint density at radius 3 is 2.40 bits per heavy atom. The molecule has 0 radical (unpaired) electrons. The number of fused-ring (bicyclic) bond motifs is 5. The highest BCUT2D eigenvalue weighted by Crippen LogP contribution is 2.49. The summed E-state index contributed by atoms with van der Waals surface area (Å²) in [5.74, 6) is -4.26. The minimum atomic E-state index is -2.65. The lowest BCUT2D eigenvalue weighted by atomic mass is 9.83. The van der Waals surface area contributed by atoms with Gasteiger partial charge in [0.15, 0.2) is 22.1 Å². The first-order valence-electron chi connectivity index (χ1n) is 21.3. The van der Waals surface area contributed by atoms with Crippen molar-refractivity contribution in [3.8, 4) is 5.75 Å². The van der Waals surface area contributed by atoms with Crippen molar-refractivity contribution in [2.75, 3.05) is 44.7 Å². The largest absolute Gasteiger partial charge is 0.495 e. The summed E-state index contributed by atoms with van der Waals surface area (Å²) in [4.78, 5) is 97.9. The number of amides is 5. The molecule has 4 aliphatic rings. The molecule has 370 valence electrons. The molecule has 3 N–H and O–H groups in total. The summed E-state index contributed by atoms with van der Waals surface area (Å²) in [6, 6.07) is 2.37. The second-order valence-corrected chi connectivity index (χ2v) is 21.0. The first-order chi connectivity index (χ1) is 31.5. The van der Waals surface area contributed by atoms with Gasteiger partial charge in [0.25, 0.3) is 11.8 Å². The smallest absolute Gasteiger partial charge is 0.409 e. The first-order valence-corrected chi connectivity index (χ1v) is 25.3. The van der Waals surface area contributed by atoms with Crippen LogP contribution in [0, 0.1) is 5.92 Å². The lowest BCUT2D eigenvalue weighted by Gasteiger charge is -2.42. The molecular formula is C43H57ClN4O16S3. The van der Waals surface area contributed by atoms with Crippen LogP contribution in [0.4, 0.5) is 10.5 Å². The summed E-state index contributed by atoms with van der Waals surface area (Å²) in [5.41, 5.74) is -1.22. The average Bonchev–Trinajstić information content (AvgIpc) is 3.88. The van der Waals surface area contributed by atoms with Gasteiger partial charge in [-0.25, -0.2) is 18.6 Å². The maximum Gasteiger partial charge on any atom is 0.409 e. The zero-order valence-corrected chi connectivity index (χ0v) is 41.6. The number of alkyl carbamates (subject to hydrolysis) is 1. The molecule has 4 bridgehead atoms. The number of carbonyl (C=O) groups excluding carboxylic acids is 7. The summed E-state index contributed by atoms with van der Waals surface area (Å²) in [5, 5.41) is 13.2. The van der Waals surface area contributed by atoms with Crippen molar-refractivity contribution in [1.29, 1.82) is 0 Å². The molecule has 3 fully saturated rings. The van der Waals surface area contributed by atoms with E-state index in [2.05, 4.69) is 5.32 Å². The molecule has 0 saturated carbocycles. The van der Waals surface area contributed by atoms with E-state index < -0.39 is 112 Å². The van der Waals surface area contributed by atoms with E-state index in [0.717, 1.165) is 11.1 Å². The number of allylic oxidation sites excluding steroid dienone is 3. The fourth-order valence-electron chi connectivity index (χ4n) is 7.90. The van der Waals surface area contributed by atoms with Gasteiger partial charge in [-0.05, 0) is 51.3 Å². The molecule has 67 heavy (non-hydrogen) atoms. The van der Waals surface area contributed by atoms with Crippen LogP contribution in [0.3, 0.4) is 0 Å². The van der Waals surface area contributed by atoms with Crippen LogP contribution in [-0.2, 0) is 70.1 Å². The van der Waals surface area contributed by atoms with Crippen molar-refractivity contribution in [3.05, 3.63) is 46.5 Å². The zero-order chi connectivity index (χ0) is 49.5. The number of imide groups is 1. The van der Waals surface area contributed by atoms with Crippen LogP contribution in [0.25, 0.3) is 0 Å². The molecule has 0 aliphatic carbocycles. The van der Waals surface area contributed by atoms with E-state index in [9.17, 15) is 47.4 Å². The number of carbonyl (C=O) groups is 7. The van der Waals surface area contributed by atoms with E-state index in [1.54, 1.807) is 38.1 Å². The van der Waals surface area contributed by atoms with Gasteiger partial charge in [-0.15, -0.1) is 5.06 Å². The van der Waals surface area contributed by atoms with Crippen LogP contribution >= 0.6 is 33.2 Å². The predicted octanol–water partition coefficient (Wildman–Crippen LogP) is 3.87. The Hall–Kier alpha value is -4.23. The number of ether oxygens (including phenoxy) is 5. The van der Waals surface area contributed by atoms with Gasteiger partial charge in [-0.3, -0.25) is 24.5 Å². The number of halogens is 1. The van der Waals surface area contributed by atoms with Gasteiger partial charge in [0.2, 0.25) is 11.8 Å². The molecule has 4 aliphatic heterocycles. The summed E-state index contributed by atoms with van der Waals surface area (Å²) in [7, 11) is 8.26. The molecule has 24 heteroatoms. The van der Waals surface area contributed by atoms with E-state index in [1.165, 1.54) is 66.6 Å². The van der Waals surface area contributed by atoms with Crippen molar-refractivity contribution in [2.45, 2.75) is 120 Å². The summed E-state index contributed by atoms with van der Waals surface area (Å²) >= 11 is 4.13. The molecule has 4 heterocycles. The Bertz CT molecular complexity index is 2170. The minimum absolute atomic E-state index is 0.0326. The zero-order valence-electron chi connectivity index (χ0n) is 38.3. The number of likely N-dealkylation sites (N-methyl/N-ethyl adjacent to an activating group) is 1. The van der Waals surface area contributed by atoms with Crippen LogP contribution < -0.4 is 15.0 Å². The molecule has 1 aromatic carbocycles. The Morgan fingerprint density at radius 2 is 1.76 bits per heavy atom. The number of epoxide rings is 1. The monoisotopic (exact) mass is 1020 g/mol. The van der Waals surface area contributed by atoms with Gasteiger partial charge < -0.3 is 48.0 Å². The number of hydrogen-bond donors (Lipinski definition) is 3. The highest BCUT2D eigenvalue weighted by molar-refractivity contribution is 8.76. The van der Waals surface area contributed by atoms with E-state index in [4.69, 9.17) is 40.1 Å². The SMILES string of the molecule is COc1cc2cc(c1Cl)N(C)C(=O)C[C@H](OC(=O)[C@H](C)N(C)C(=O)CCSSCCC(C(=O)ON1C(=O)CCC1=O)S(=O)O)[C@]1(C)O[C@H]1[C@H](C)[C@@H]1C[C@@](O)(NC(=O)O1)[C@H](OC)/C=C/C=C(\C)C2. The lowest BCUT2D eigenvalue weighted by molar-refractivity contribution is -0.197. The van der Waals surface area contributed by atoms with Gasteiger partial charge in [0, 0.05) is 64.3 Å². The maximum absolute atomic E-state index is 14.3. The quantitative estimate of drug-likeness (QED) is 0.0563. The molecule has 5 rings (SSSR count). The summed E-state index contributed by atoms with van der Waals surface area (Å²) in [6.45, 7) is 6.78. The number of esters is 1. The van der Waals surface area contributed by atoms with Crippen LogP contribution in [0.5, 0.6) is 5.75 Å². The van der Waals surface area contributed by atoms with Crippen molar-refractivity contribution in [2.24, 2.45) is 5.92 Å².